The van der Waals surface area contributed by atoms with E-state index in [9.17, 15) is 4.79 Å². The van der Waals surface area contributed by atoms with Crippen LogP contribution in [0.2, 0.25) is 0 Å². The lowest BCUT2D eigenvalue weighted by molar-refractivity contribution is 0.0943. The van der Waals surface area contributed by atoms with Crippen LogP contribution < -0.4 is 10.6 Å². The highest BCUT2D eigenvalue weighted by molar-refractivity contribution is 7.15. The topological polar surface area (TPSA) is 84.2 Å². The van der Waals surface area contributed by atoms with Gasteiger partial charge in [0, 0.05) is 87.6 Å². The molecule has 0 spiro atoms. The number of aromatic nitrogens is 1. The number of primary amides is 1. The molecule has 0 bridgehead atoms. The Labute approximate surface area is 228 Å². The molecule has 6 rings (SSSR count). The van der Waals surface area contributed by atoms with E-state index >= 15 is 0 Å². The van der Waals surface area contributed by atoms with E-state index in [1.54, 1.807) is 18.4 Å². The summed E-state index contributed by atoms with van der Waals surface area (Å²) in [6, 6.07) is 12.8. The Hall–Kier alpha value is -2.82. The van der Waals surface area contributed by atoms with E-state index in [0.29, 0.717) is 12.0 Å². The van der Waals surface area contributed by atoms with E-state index in [-0.39, 0.29) is 0 Å². The number of fused-ring (bicyclic) bond motifs is 3. The molecule has 2 aromatic heterocycles. The predicted molar refractivity (Wildman–Crippen MR) is 151 cm³/mol. The number of thiophene rings is 1. The number of methoxy groups -OCH3 is 1. The van der Waals surface area contributed by atoms with Crippen LogP contribution in [0.3, 0.4) is 0 Å². The third kappa shape index (κ3) is 5.21. The number of rotatable bonds is 8. The lowest BCUT2D eigenvalue weighted by Crippen LogP contribution is -2.46. The molecular formula is C29H35N5O3S. The Kier molecular flexibility index (Phi) is 7.45. The van der Waals surface area contributed by atoms with E-state index < -0.39 is 5.91 Å². The van der Waals surface area contributed by atoms with Crippen molar-refractivity contribution in [3.8, 4) is 21.8 Å². The van der Waals surface area contributed by atoms with Crippen LogP contribution >= 0.6 is 11.3 Å². The molecule has 200 valence electrons. The number of nitrogens with two attached hydrogens (primary N) is 1. The summed E-state index contributed by atoms with van der Waals surface area (Å²) in [6.07, 6.45) is 0.681. The zero-order valence-electron chi connectivity index (χ0n) is 21.9. The summed E-state index contributed by atoms with van der Waals surface area (Å²) < 4.78 is 10.7. The molecule has 1 aromatic carbocycles. The molecule has 9 heteroatoms. The first-order valence-corrected chi connectivity index (χ1v) is 14.2. The molecule has 8 nitrogen and oxygen atoms in total. The molecular weight excluding hydrogens is 498 g/mol. The average Bonchev–Trinajstić information content (AvgIpc) is 3.56. The number of carbonyl (C=O) groups is 1. The first kappa shape index (κ1) is 25.5. The molecule has 1 amide bonds. The zero-order chi connectivity index (χ0) is 26.1. The van der Waals surface area contributed by atoms with Crippen LogP contribution in [0.25, 0.3) is 21.8 Å². The van der Waals surface area contributed by atoms with Crippen molar-refractivity contribution < 1.29 is 14.3 Å². The van der Waals surface area contributed by atoms with Crippen molar-refractivity contribution in [2.45, 2.75) is 13.0 Å². The summed E-state index contributed by atoms with van der Waals surface area (Å²) in [5, 5.41) is 0. The van der Waals surface area contributed by atoms with Crippen molar-refractivity contribution in [1.29, 1.82) is 0 Å². The van der Waals surface area contributed by atoms with E-state index in [1.165, 1.54) is 16.1 Å². The summed E-state index contributed by atoms with van der Waals surface area (Å²) in [4.78, 5) is 27.3. The number of morpholine rings is 1. The smallest absolute Gasteiger partial charge is 0.249 e. The number of hydrogen-bond acceptors (Lipinski definition) is 8. The van der Waals surface area contributed by atoms with Crippen LogP contribution in [0.15, 0.2) is 36.4 Å². The molecule has 4 heterocycles. The number of nitrogens with zero attached hydrogens (tertiary/aromatic N) is 4. The number of benzene rings is 1. The van der Waals surface area contributed by atoms with Gasteiger partial charge in [-0.2, -0.15) is 0 Å². The molecule has 38 heavy (non-hydrogen) atoms. The van der Waals surface area contributed by atoms with Crippen LogP contribution in [-0.2, 0) is 22.4 Å². The first-order chi connectivity index (χ1) is 18.6. The quantitative estimate of drug-likeness (QED) is 0.373. The number of anilines is 1. The molecule has 0 atom stereocenters. The normalized spacial score (nSPS) is 18.0. The van der Waals surface area contributed by atoms with Gasteiger partial charge in [-0.15, -0.1) is 11.3 Å². The number of ether oxygens (including phenoxy) is 2. The summed E-state index contributed by atoms with van der Waals surface area (Å²) in [6.45, 7) is 10.3. The number of hydrogen-bond donors (Lipinski definition) is 1. The third-order valence-electron chi connectivity index (χ3n) is 7.85. The third-order valence-corrected chi connectivity index (χ3v) is 8.94. The molecule has 2 N–H and O–H groups in total. The molecule has 2 fully saturated rings. The number of pyridine rings is 1. The van der Waals surface area contributed by atoms with Crippen molar-refractivity contribution in [1.82, 2.24) is 14.8 Å². The minimum atomic E-state index is -0.394. The molecule has 0 unspecified atom stereocenters. The zero-order valence-corrected chi connectivity index (χ0v) is 22.8. The molecule has 3 aromatic rings. The van der Waals surface area contributed by atoms with Gasteiger partial charge in [0.15, 0.2) is 0 Å². The van der Waals surface area contributed by atoms with Crippen LogP contribution in [0.5, 0.6) is 0 Å². The molecule has 1 aliphatic carbocycles. The van der Waals surface area contributed by atoms with Gasteiger partial charge in [0.25, 0.3) is 0 Å². The van der Waals surface area contributed by atoms with Gasteiger partial charge in [0.1, 0.15) is 0 Å². The summed E-state index contributed by atoms with van der Waals surface area (Å²) in [5.41, 5.74) is 12.6. The van der Waals surface area contributed by atoms with E-state index in [0.717, 1.165) is 99.6 Å². The fourth-order valence-corrected chi connectivity index (χ4v) is 6.71. The second-order valence-corrected chi connectivity index (χ2v) is 11.4. The fourth-order valence-electron chi connectivity index (χ4n) is 5.70. The molecule has 0 saturated carbocycles. The lowest BCUT2D eigenvalue weighted by atomic mass is 10.0. The first-order valence-electron chi connectivity index (χ1n) is 13.4. The highest BCUT2D eigenvalue weighted by Gasteiger charge is 2.27. The van der Waals surface area contributed by atoms with Crippen LogP contribution in [-0.4, -0.2) is 93.4 Å². The van der Waals surface area contributed by atoms with Crippen LogP contribution in [0.1, 0.15) is 26.4 Å². The van der Waals surface area contributed by atoms with Gasteiger partial charge in [0.2, 0.25) is 5.91 Å². The van der Waals surface area contributed by atoms with Gasteiger partial charge < -0.3 is 20.1 Å². The summed E-state index contributed by atoms with van der Waals surface area (Å²) >= 11 is 1.75. The second kappa shape index (κ2) is 11.1. The average molecular weight is 534 g/mol. The van der Waals surface area contributed by atoms with Crippen LogP contribution in [0.4, 0.5) is 5.69 Å². The van der Waals surface area contributed by atoms with Gasteiger partial charge in [0.05, 0.1) is 36.1 Å². The minimum absolute atomic E-state index is 0.394. The number of carbonyl (C=O) groups excluding carboxylic acids is 1. The minimum Gasteiger partial charge on any atom is -0.383 e. The van der Waals surface area contributed by atoms with E-state index in [1.807, 2.05) is 6.07 Å². The number of amides is 1. The molecule has 2 saturated heterocycles. The van der Waals surface area contributed by atoms with Crippen molar-refractivity contribution in [2.75, 3.05) is 77.6 Å². The molecule has 3 aliphatic rings. The standard InChI is InChI=1S/C29H35N5O3S/c1-36-13-10-32-6-8-33(9-7-32)19-22-3-5-27(38-22)26-18-25(29(30)35)24-17-20-16-21(34-11-14-37-15-12-34)2-4-23(20)28(24)31-26/h2-5,16,18H,6-15,17,19H2,1H3,(H2,30,35). The van der Waals surface area contributed by atoms with Gasteiger partial charge in [-0.05, 0) is 41.5 Å². The summed E-state index contributed by atoms with van der Waals surface area (Å²) in [5.74, 6) is -0.394. The van der Waals surface area contributed by atoms with Crippen molar-refractivity contribution in [2.24, 2.45) is 5.73 Å². The molecule has 0 radical (unpaired) electrons. The maximum Gasteiger partial charge on any atom is 0.249 e. The Morgan fingerprint density at radius 2 is 1.84 bits per heavy atom. The highest BCUT2D eigenvalue weighted by Crippen LogP contribution is 2.41. The maximum atomic E-state index is 12.5. The summed E-state index contributed by atoms with van der Waals surface area (Å²) in [7, 11) is 1.76. The maximum absolute atomic E-state index is 12.5. The van der Waals surface area contributed by atoms with Gasteiger partial charge in [-0.1, -0.05) is 6.07 Å². The largest absolute Gasteiger partial charge is 0.383 e. The van der Waals surface area contributed by atoms with Gasteiger partial charge >= 0.3 is 0 Å². The van der Waals surface area contributed by atoms with E-state index in [4.69, 9.17) is 20.2 Å². The Bertz CT molecular complexity index is 1310. The van der Waals surface area contributed by atoms with Crippen molar-refractivity contribution in [3.05, 3.63) is 58.0 Å². The van der Waals surface area contributed by atoms with Gasteiger partial charge in [-0.25, -0.2) is 4.98 Å². The second-order valence-electron chi connectivity index (χ2n) is 10.2. The van der Waals surface area contributed by atoms with Crippen LogP contribution in [0, 0.1) is 0 Å². The van der Waals surface area contributed by atoms with E-state index in [2.05, 4.69) is 45.0 Å². The molecule has 2 aliphatic heterocycles. The monoisotopic (exact) mass is 533 g/mol. The number of piperazine rings is 1. The lowest BCUT2D eigenvalue weighted by Gasteiger charge is -2.34. The Balaban J connectivity index is 1.22. The predicted octanol–water partition coefficient (Wildman–Crippen LogP) is 3.08. The Morgan fingerprint density at radius 3 is 2.61 bits per heavy atom. The fraction of sp³-hybridized carbons (Fsp3) is 0.448. The SMILES string of the molecule is COCCN1CCN(Cc2ccc(-c3cc(C(N)=O)c4c(n3)-c3ccc(N5CCOCC5)cc3C4)s2)CC1. The van der Waals surface area contributed by atoms with Gasteiger partial charge in [-0.3, -0.25) is 14.6 Å². The Morgan fingerprint density at radius 1 is 1.05 bits per heavy atom. The highest BCUT2D eigenvalue weighted by atomic mass is 32.1. The van der Waals surface area contributed by atoms with Crippen molar-refractivity contribution in [3.63, 3.8) is 0 Å². The van der Waals surface area contributed by atoms with Crippen molar-refractivity contribution >= 4 is 22.9 Å².